The minimum atomic E-state index is -4.10. The number of hydrogen-bond donors (Lipinski definition) is 1. The zero-order valence-corrected chi connectivity index (χ0v) is 20.4. The van der Waals surface area contributed by atoms with Gasteiger partial charge < -0.3 is 19.5 Å². The Hall–Kier alpha value is -3.72. The van der Waals surface area contributed by atoms with Crippen LogP contribution >= 0.6 is 0 Å². The van der Waals surface area contributed by atoms with Gasteiger partial charge in [-0.3, -0.25) is 9.10 Å². The van der Waals surface area contributed by atoms with Crippen molar-refractivity contribution >= 4 is 21.6 Å². The Bertz CT molecular complexity index is 1240. The summed E-state index contributed by atoms with van der Waals surface area (Å²) in [4.78, 5) is 12.8. The second kappa shape index (κ2) is 10.9. The average Bonchev–Trinajstić information content (AvgIpc) is 2.86. The van der Waals surface area contributed by atoms with Crippen LogP contribution in [-0.2, 0) is 21.4 Å². The van der Waals surface area contributed by atoms with Crippen LogP contribution in [0.15, 0.2) is 71.6 Å². The van der Waals surface area contributed by atoms with E-state index in [1.165, 1.54) is 32.4 Å². The maximum absolute atomic E-state index is 13.6. The molecule has 0 aromatic heterocycles. The highest BCUT2D eigenvalue weighted by Gasteiger charge is 2.28. The summed E-state index contributed by atoms with van der Waals surface area (Å²) in [5, 5.41) is 2.78. The molecule has 9 heteroatoms. The maximum Gasteiger partial charge on any atom is 0.264 e. The lowest BCUT2D eigenvalue weighted by molar-refractivity contribution is -0.119. The highest BCUT2D eigenvalue weighted by molar-refractivity contribution is 7.92. The molecule has 1 N–H and O–H groups in total. The number of sulfonamides is 1. The van der Waals surface area contributed by atoms with Crippen molar-refractivity contribution in [3.63, 3.8) is 0 Å². The summed E-state index contributed by atoms with van der Waals surface area (Å²) in [6.07, 6.45) is 0. The molecule has 0 spiro atoms. The quantitative estimate of drug-likeness (QED) is 0.473. The number of ether oxygens (including phenoxy) is 3. The molecule has 0 unspecified atom stereocenters. The molecule has 0 aliphatic rings. The van der Waals surface area contributed by atoms with E-state index in [1.807, 2.05) is 19.1 Å². The molecule has 3 aromatic rings. The number of rotatable bonds is 10. The fraction of sp³-hybridized carbons (Fsp3) is 0.240. The Morgan fingerprint density at radius 2 is 1.59 bits per heavy atom. The first-order valence-electron chi connectivity index (χ1n) is 10.5. The molecule has 0 radical (unpaired) electrons. The molecule has 0 bridgehead atoms. The summed E-state index contributed by atoms with van der Waals surface area (Å²) < 4.78 is 44.0. The normalized spacial score (nSPS) is 10.9. The molecule has 0 fully saturated rings. The van der Waals surface area contributed by atoms with Gasteiger partial charge in [0, 0.05) is 12.6 Å². The van der Waals surface area contributed by atoms with Crippen LogP contribution in [0.25, 0.3) is 0 Å². The van der Waals surface area contributed by atoms with Gasteiger partial charge in [-0.05, 0) is 48.9 Å². The molecule has 0 aliphatic carbocycles. The van der Waals surface area contributed by atoms with Crippen LogP contribution in [-0.4, -0.2) is 42.2 Å². The number of anilines is 1. The number of carbonyl (C=O) groups excluding carboxylic acids is 1. The molecule has 8 nitrogen and oxygen atoms in total. The van der Waals surface area contributed by atoms with E-state index in [1.54, 1.807) is 43.5 Å². The van der Waals surface area contributed by atoms with Gasteiger partial charge in [0.1, 0.15) is 12.3 Å². The predicted molar refractivity (Wildman–Crippen MR) is 130 cm³/mol. The molecule has 0 heterocycles. The second-order valence-electron chi connectivity index (χ2n) is 7.49. The molecule has 3 aromatic carbocycles. The largest absolute Gasteiger partial charge is 0.497 e. The topological polar surface area (TPSA) is 94.2 Å². The second-order valence-corrected chi connectivity index (χ2v) is 9.35. The van der Waals surface area contributed by atoms with Crippen molar-refractivity contribution in [2.75, 3.05) is 32.2 Å². The van der Waals surface area contributed by atoms with E-state index < -0.39 is 22.5 Å². The Balaban J connectivity index is 1.89. The van der Waals surface area contributed by atoms with Gasteiger partial charge in [0.25, 0.3) is 10.0 Å². The van der Waals surface area contributed by atoms with E-state index >= 15 is 0 Å². The maximum atomic E-state index is 13.6. The number of nitrogens with one attached hydrogen (secondary N) is 1. The van der Waals surface area contributed by atoms with Gasteiger partial charge in [0.15, 0.2) is 11.5 Å². The first-order chi connectivity index (χ1) is 16.3. The number of hydrogen-bond acceptors (Lipinski definition) is 6. The van der Waals surface area contributed by atoms with Crippen LogP contribution in [0.4, 0.5) is 5.69 Å². The molecule has 0 saturated carbocycles. The third-order valence-corrected chi connectivity index (χ3v) is 6.95. The minimum Gasteiger partial charge on any atom is -0.497 e. The molecular formula is C25H28N2O6S. The zero-order valence-electron chi connectivity index (χ0n) is 19.6. The Labute approximate surface area is 200 Å². The van der Waals surface area contributed by atoms with Gasteiger partial charge in [-0.2, -0.15) is 0 Å². The van der Waals surface area contributed by atoms with Crippen molar-refractivity contribution in [3.8, 4) is 17.2 Å². The van der Waals surface area contributed by atoms with Gasteiger partial charge in [0.05, 0.1) is 31.9 Å². The molecule has 3 rings (SSSR count). The molecule has 0 atom stereocenters. The van der Waals surface area contributed by atoms with E-state index in [0.717, 1.165) is 15.4 Å². The van der Waals surface area contributed by atoms with Crippen LogP contribution in [0.1, 0.15) is 11.1 Å². The van der Waals surface area contributed by atoms with E-state index in [-0.39, 0.29) is 17.2 Å². The van der Waals surface area contributed by atoms with Crippen LogP contribution in [0.3, 0.4) is 0 Å². The van der Waals surface area contributed by atoms with Gasteiger partial charge in [0.2, 0.25) is 5.91 Å². The van der Waals surface area contributed by atoms with Crippen LogP contribution in [0.2, 0.25) is 0 Å². The smallest absolute Gasteiger partial charge is 0.264 e. The first-order valence-corrected chi connectivity index (χ1v) is 11.9. The summed E-state index contributed by atoms with van der Waals surface area (Å²) >= 11 is 0. The lowest BCUT2D eigenvalue weighted by atomic mass is 10.2. The lowest BCUT2D eigenvalue weighted by Gasteiger charge is -2.24. The number of amides is 1. The number of aryl methyl sites for hydroxylation is 1. The van der Waals surface area contributed by atoms with Gasteiger partial charge >= 0.3 is 0 Å². The molecule has 1 amide bonds. The Morgan fingerprint density at radius 3 is 2.24 bits per heavy atom. The number of methoxy groups -OCH3 is 3. The van der Waals surface area contributed by atoms with Crippen LogP contribution in [0.5, 0.6) is 17.2 Å². The van der Waals surface area contributed by atoms with Crippen molar-refractivity contribution in [3.05, 3.63) is 77.9 Å². The van der Waals surface area contributed by atoms with Crippen molar-refractivity contribution in [2.24, 2.45) is 0 Å². The molecule has 180 valence electrons. The number of carbonyl (C=O) groups is 1. The standard InChI is InChI=1S/C25H28N2O6S/c1-18-8-10-20(11-9-18)27(17-25(28)26-16-19-6-5-7-21(14-19)31-2)34(29,30)22-12-13-23(32-3)24(15-22)33-4/h5-15H,16-17H2,1-4H3,(H,26,28). The fourth-order valence-electron chi connectivity index (χ4n) is 3.30. The third kappa shape index (κ3) is 5.79. The minimum absolute atomic E-state index is 0.0219. The predicted octanol–water partition coefficient (Wildman–Crippen LogP) is 3.53. The molecule has 34 heavy (non-hydrogen) atoms. The third-order valence-electron chi connectivity index (χ3n) is 5.18. The Morgan fingerprint density at radius 1 is 0.882 bits per heavy atom. The highest BCUT2D eigenvalue weighted by atomic mass is 32.2. The summed E-state index contributed by atoms with van der Waals surface area (Å²) in [6.45, 7) is 1.73. The number of benzene rings is 3. The van der Waals surface area contributed by atoms with Crippen LogP contribution in [0, 0.1) is 6.92 Å². The monoisotopic (exact) mass is 484 g/mol. The van der Waals surface area contributed by atoms with Crippen molar-refractivity contribution in [1.29, 1.82) is 0 Å². The molecule has 0 aliphatic heterocycles. The van der Waals surface area contributed by atoms with Crippen molar-refractivity contribution < 1.29 is 27.4 Å². The number of nitrogens with zero attached hydrogens (tertiary/aromatic N) is 1. The fourth-order valence-corrected chi connectivity index (χ4v) is 4.74. The van der Waals surface area contributed by atoms with Gasteiger partial charge in [-0.25, -0.2) is 8.42 Å². The summed E-state index contributed by atoms with van der Waals surface area (Å²) in [5.41, 5.74) is 2.17. The van der Waals surface area contributed by atoms with E-state index in [9.17, 15) is 13.2 Å². The summed E-state index contributed by atoms with van der Waals surface area (Å²) in [6, 6.07) is 18.5. The lowest BCUT2D eigenvalue weighted by Crippen LogP contribution is -2.40. The van der Waals surface area contributed by atoms with E-state index in [0.29, 0.717) is 17.2 Å². The average molecular weight is 485 g/mol. The molecule has 0 saturated heterocycles. The summed E-state index contributed by atoms with van der Waals surface area (Å²) in [7, 11) is 0.367. The SMILES string of the molecule is COc1cccc(CNC(=O)CN(c2ccc(C)cc2)S(=O)(=O)c2ccc(OC)c(OC)c2)c1. The van der Waals surface area contributed by atoms with Crippen LogP contribution < -0.4 is 23.8 Å². The summed E-state index contributed by atoms with van der Waals surface area (Å²) in [5.74, 6) is 0.894. The zero-order chi connectivity index (χ0) is 24.7. The van der Waals surface area contributed by atoms with Gasteiger partial charge in [-0.1, -0.05) is 29.8 Å². The van der Waals surface area contributed by atoms with Gasteiger partial charge in [-0.15, -0.1) is 0 Å². The molecular weight excluding hydrogens is 456 g/mol. The highest BCUT2D eigenvalue weighted by Crippen LogP contribution is 2.32. The van der Waals surface area contributed by atoms with Crippen molar-refractivity contribution in [1.82, 2.24) is 5.32 Å². The van der Waals surface area contributed by atoms with Crippen molar-refractivity contribution in [2.45, 2.75) is 18.4 Å². The Kier molecular flexibility index (Phi) is 8.01. The first kappa shape index (κ1) is 24.9. The van der Waals surface area contributed by atoms with E-state index in [2.05, 4.69) is 5.32 Å². The van der Waals surface area contributed by atoms with E-state index in [4.69, 9.17) is 14.2 Å².